The number of hydrogen-bond acceptors (Lipinski definition) is 3. The average Bonchev–Trinajstić information content (AvgIpc) is 3.13. The fraction of sp³-hybridized carbons (Fsp3) is 0.429. The molecule has 92 valence electrons. The molecule has 18 heavy (non-hydrogen) atoms. The monoisotopic (exact) mass is 240 g/mol. The molecule has 2 aromatic rings. The van der Waals surface area contributed by atoms with Gasteiger partial charge in [-0.05, 0) is 25.3 Å². The Labute approximate surface area is 106 Å². The molecule has 0 bridgehead atoms. The fourth-order valence-electron chi connectivity index (χ4n) is 2.18. The van der Waals surface area contributed by atoms with Gasteiger partial charge in [0.1, 0.15) is 0 Å². The number of para-hydroxylation sites is 1. The third kappa shape index (κ3) is 2.36. The minimum Gasteiger partial charge on any atom is -0.299 e. The predicted molar refractivity (Wildman–Crippen MR) is 69.9 cm³/mol. The lowest BCUT2D eigenvalue weighted by molar-refractivity contribution is 0.499. The van der Waals surface area contributed by atoms with Gasteiger partial charge in [-0.3, -0.25) is 10.00 Å². The van der Waals surface area contributed by atoms with Crippen LogP contribution in [0.3, 0.4) is 0 Å². The van der Waals surface area contributed by atoms with Crippen molar-refractivity contribution < 1.29 is 0 Å². The van der Waals surface area contributed by atoms with Gasteiger partial charge < -0.3 is 0 Å². The van der Waals surface area contributed by atoms with E-state index in [2.05, 4.69) is 28.6 Å². The van der Waals surface area contributed by atoms with Crippen molar-refractivity contribution in [3.05, 3.63) is 30.5 Å². The molecule has 1 aliphatic carbocycles. The van der Waals surface area contributed by atoms with Gasteiger partial charge in [-0.2, -0.15) is 10.4 Å². The van der Waals surface area contributed by atoms with Gasteiger partial charge in [-0.1, -0.05) is 18.2 Å². The second-order valence-corrected chi connectivity index (χ2v) is 4.84. The zero-order valence-corrected chi connectivity index (χ0v) is 10.2. The topological polar surface area (TPSA) is 53.6 Å². The maximum atomic E-state index is 9.10. The molecule has 1 unspecified atom stereocenters. The summed E-state index contributed by atoms with van der Waals surface area (Å²) in [7, 11) is 0. The van der Waals surface area contributed by atoms with Crippen LogP contribution in [0.2, 0.25) is 0 Å². The zero-order valence-electron chi connectivity index (χ0n) is 10.2. The summed E-state index contributed by atoms with van der Waals surface area (Å²) < 4.78 is 1.98. The van der Waals surface area contributed by atoms with Crippen molar-refractivity contribution in [3.63, 3.8) is 0 Å². The van der Waals surface area contributed by atoms with Gasteiger partial charge in [0.05, 0.1) is 23.8 Å². The molecule has 4 nitrogen and oxygen atoms in total. The van der Waals surface area contributed by atoms with Crippen LogP contribution >= 0.6 is 0 Å². The Hall–Kier alpha value is -1.86. The van der Waals surface area contributed by atoms with E-state index in [-0.39, 0.29) is 6.04 Å². The Balaban J connectivity index is 1.66. The van der Waals surface area contributed by atoms with E-state index in [9.17, 15) is 0 Å². The molecule has 1 aromatic heterocycles. The lowest BCUT2D eigenvalue weighted by Crippen LogP contribution is -2.30. The van der Waals surface area contributed by atoms with Gasteiger partial charge in [-0.15, -0.1) is 0 Å². The van der Waals surface area contributed by atoms with Crippen LogP contribution < -0.4 is 5.32 Å². The van der Waals surface area contributed by atoms with Crippen molar-refractivity contribution >= 4 is 10.9 Å². The number of nitrogens with one attached hydrogen (secondary N) is 1. The Morgan fingerprint density at radius 2 is 2.28 bits per heavy atom. The smallest absolute Gasteiger partial charge is 0.0972 e. The number of benzene rings is 1. The highest BCUT2D eigenvalue weighted by molar-refractivity contribution is 5.78. The van der Waals surface area contributed by atoms with Gasteiger partial charge in [-0.25, -0.2) is 0 Å². The van der Waals surface area contributed by atoms with Crippen molar-refractivity contribution in [3.8, 4) is 6.07 Å². The molecule has 0 amide bonds. The number of fused-ring (bicyclic) bond motifs is 1. The largest absolute Gasteiger partial charge is 0.299 e. The lowest BCUT2D eigenvalue weighted by atomic mass is 10.2. The Kier molecular flexibility index (Phi) is 2.99. The molecule has 0 spiro atoms. The first kappa shape index (κ1) is 11.2. The summed E-state index contributed by atoms with van der Waals surface area (Å²) in [6.45, 7) is 0.783. The van der Waals surface area contributed by atoms with Crippen LogP contribution in [0, 0.1) is 11.3 Å². The number of rotatable bonds is 5. The molecular formula is C14H16N4. The first-order chi connectivity index (χ1) is 8.86. The minimum absolute atomic E-state index is 0.0551. The highest BCUT2D eigenvalue weighted by Gasteiger charge is 2.24. The maximum absolute atomic E-state index is 9.10. The molecule has 1 atom stereocenters. The molecule has 1 saturated carbocycles. The average molecular weight is 240 g/mol. The normalized spacial score (nSPS) is 16.6. The van der Waals surface area contributed by atoms with Crippen LogP contribution in [0.1, 0.15) is 19.3 Å². The SMILES string of the molecule is N#CC(CCn1ncc2ccccc21)NC1CC1. The molecule has 0 saturated heterocycles. The number of nitriles is 1. The van der Waals surface area contributed by atoms with E-state index in [1.165, 1.54) is 12.8 Å². The molecule has 3 rings (SSSR count). The summed E-state index contributed by atoms with van der Waals surface area (Å²) in [6.07, 6.45) is 5.11. The van der Waals surface area contributed by atoms with Crippen LogP contribution in [0.15, 0.2) is 30.5 Å². The van der Waals surface area contributed by atoms with E-state index in [1.807, 2.05) is 23.0 Å². The second kappa shape index (κ2) is 4.79. The standard InChI is InChI=1S/C14H16N4/c15-9-13(17-12-5-6-12)7-8-18-14-4-2-1-3-11(14)10-16-18/h1-4,10,12-13,17H,5-8H2. The molecule has 4 heteroatoms. The molecule has 1 N–H and O–H groups in total. The van der Waals surface area contributed by atoms with Crippen LogP contribution in [0.5, 0.6) is 0 Å². The quantitative estimate of drug-likeness (QED) is 0.870. The van der Waals surface area contributed by atoms with Gasteiger partial charge in [0.2, 0.25) is 0 Å². The third-order valence-corrected chi connectivity index (χ3v) is 3.35. The van der Waals surface area contributed by atoms with Gasteiger partial charge in [0.25, 0.3) is 0 Å². The minimum atomic E-state index is -0.0551. The van der Waals surface area contributed by atoms with E-state index in [4.69, 9.17) is 5.26 Å². The predicted octanol–water partition coefficient (Wildman–Crippen LogP) is 2.07. The molecule has 1 heterocycles. The van der Waals surface area contributed by atoms with E-state index in [1.54, 1.807) is 0 Å². The second-order valence-electron chi connectivity index (χ2n) is 4.84. The third-order valence-electron chi connectivity index (χ3n) is 3.35. The van der Waals surface area contributed by atoms with E-state index >= 15 is 0 Å². The molecular weight excluding hydrogens is 224 g/mol. The fourth-order valence-corrected chi connectivity index (χ4v) is 2.18. The summed E-state index contributed by atoms with van der Waals surface area (Å²) in [4.78, 5) is 0. The maximum Gasteiger partial charge on any atom is 0.0972 e. The van der Waals surface area contributed by atoms with Crippen LogP contribution in [0.4, 0.5) is 0 Å². The summed E-state index contributed by atoms with van der Waals surface area (Å²) in [6, 6.07) is 11.0. The van der Waals surface area contributed by atoms with Crippen molar-refractivity contribution in [2.75, 3.05) is 0 Å². The molecule has 1 aromatic carbocycles. The Morgan fingerprint density at radius 1 is 1.44 bits per heavy atom. The molecule has 1 fully saturated rings. The summed E-state index contributed by atoms with van der Waals surface area (Å²) in [5.41, 5.74) is 1.14. The highest BCUT2D eigenvalue weighted by atomic mass is 15.3. The van der Waals surface area contributed by atoms with Crippen molar-refractivity contribution in [2.45, 2.75) is 37.9 Å². The molecule has 1 aliphatic rings. The zero-order chi connectivity index (χ0) is 12.4. The first-order valence-electron chi connectivity index (χ1n) is 6.43. The van der Waals surface area contributed by atoms with Gasteiger partial charge in [0.15, 0.2) is 0 Å². The van der Waals surface area contributed by atoms with Gasteiger partial charge >= 0.3 is 0 Å². The van der Waals surface area contributed by atoms with Crippen molar-refractivity contribution in [2.24, 2.45) is 0 Å². The summed E-state index contributed by atoms with van der Waals surface area (Å²) >= 11 is 0. The molecule has 0 radical (unpaired) electrons. The van der Waals surface area contributed by atoms with Crippen LogP contribution in [0.25, 0.3) is 10.9 Å². The number of aryl methyl sites for hydroxylation is 1. The van der Waals surface area contributed by atoms with Crippen LogP contribution in [-0.2, 0) is 6.54 Å². The lowest BCUT2D eigenvalue weighted by Gasteiger charge is -2.10. The van der Waals surface area contributed by atoms with Crippen molar-refractivity contribution in [1.82, 2.24) is 15.1 Å². The highest BCUT2D eigenvalue weighted by Crippen LogP contribution is 2.20. The van der Waals surface area contributed by atoms with E-state index in [0.29, 0.717) is 6.04 Å². The summed E-state index contributed by atoms with van der Waals surface area (Å²) in [5.74, 6) is 0. The first-order valence-corrected chi connectivity index (χ1v) is 6.43. The van der Waals surface area contributed by atoms with Gasteiger partial charge in [0, 0.05) is 18.0 Å². The number of nitrogens with zero attached hydrogens (tertiary/aromatic N) is 3. The molecule has 0 aliphatic heterocycles. The number of aromatic nitrogens is 2. The van der Waals surface area contributed by atoms with Crippen molar-refractivity contribution in [1.29, 1.82) is 5.26 Å². The number of hydrogen-bond donors (Lipinski definition) is 1. The Bertz CT molecular complexity index is 577. The van der Waals surface area contributed by atoms with E-state index < -0.39 is 0 Å². The summed E-state index contributed by atoms with van der Waals surface area (Å²) in [5, 5.41) is 18.0. The Morgan fingerprint density at radius 3 is 3.06 bits per heavy atom. The van der Waals surface area contributed by atoms with E-state index in [0.717, 1.165) is 23.9 Å². The van der Waals surface area contributed by atoms with Crippen LogP contribution in [-0.4, -0.2) is 21.9 Å².